The average molecular weight is 449 g/mol. The van der Waals surface area contributed by atoms with Crippen LogP contribution in [0.5, 0.6) is 0 Å². The molecule has 0 saturated carbocycles. The molecule has 164 valence electrons. The van der Waals surface area contributed by atoms with Gasteiger partial charge < -0.3 is 10.6 Å². The monoisotopic (exact) mass is 448 g/mol. The lowest BCUT2D eigenvalue weighted by molar-refractivity contribution is -0.137. The third kappa shape index (κ3) is 5.06. The van der Waals surface area contributed by atoms with Crippen molar-refractivity contribution in [3.05, 3.63) is 65.4 Å². The van der Waals surface area contributed by atoms with E-state index < -0.39 is 11.7 Å². The summed E-state index contributed by atoms with van der Waals surface area (Å²) in [5.41, 5.74) is 0.641. The van der Waals surface area contributed by atoms with Crippen LogP contribution in [0, 0.1) is 0 Å². The van der Waals surface area contributed by atoms with Gasteiger partial charge in [0, 0.05) is 31.1 Å². The number of halogens is 3. The van der Waals surface area contributed by atoms with Crippen LogP contribution in [-0.2, 0) is 12.6 Å². The van der Waals surface area contributed by atoms with Crippen molar-refractivity contribution in [3.63, 3.8) is 0 Å². The first-order valence-corrected chi connectivity index (χ1v) is 10.9. The zero-order chi connectivity index (χ0) is 22.0. The molecule has 2 heterocycles. The van der Waals surface area contributed by atoms with Crippen molar-refractivity contribution in [2.45, 2.75) is 31.7 Å². The standard InChI is InChI=1S/C22H23F3N4OS/c1-14(27-21(30)20-18-4-2-3-5-19(18)31-28-20)29-11-10-26-17(13-29)12-15-6-8-16(9-7-15)22(23,24)25/h2-9,14,17,26H,10-13H2,1H3,(H,27,30). The molecule has 1 fully saturated rings. The molecule has 1 aliphatic heterocycles. The minimum atomic E-state index is -4.32. The second-order valence-electron chi connectivity index (χ2n) is 7.72. The summed E-state index contributed by atoms with van der Waals surface area (Å²) in [4.78, 5) is 14.9. The molecule has 9 heteroatoms. The van der Waals surface area contributed by atoms with E-state index in [1.54, 1.807) is 0 Å². The largest absolute Gasteiger partial charge is 0.416 e. The summed E-state index contributed by atoms with van der Waals surface area (Å²) in [7, 11) is 0. The van der Waals surface area contributed by atoms with E-state index in [1.807, 2.05) is 31.2 Å². The maximum absolute atomic E-state index is 12.8. The number of piperazine rings is 1. The van der Waals surface area contributed by atoms with Gasteiger partial charge in [-0.15, -0.1) is 0 Å². The minimum absolute atomic E-state index is 0.0879. The lowest BCUT2D eigenvalue weighted by atomic mass is 10.0. The Balaban J connectivity index is 1.36. The number of hydrogen-bond donors (Lipinski definition) is 2. The van der Waals surface area contributed by atoms with Crippen molar-refractivity contribution < 1.29 is 18.0 Å². The number of carbonyl (C=O) groups excluding carboxylic acids is 1. The molecule has 0 radical (unpaired) electrons. The van der Waals surface area contributed by atoms with E-state index in [0.29, 0.717) is 18.7 Å². The number of amides is 1. The Kier molecular flexibility index (Phi) is 6.27. The number of rotatable bonds is 5. The number of hydrogen-bond acceptors (Lipinski definition) is 5. The molecule has 2 unspecified atom stereocenters. The number of nitrogens with one attached hydrogen (secondary N) is 2. The fourth-order valence-corrected chi connectivity index (χ4v) is 4.63. The van der Waals surface area contributed by atoms with E-state index in [-0.39, 0.29) is 18.1 Å². The molecule has 2 N–H and O–H groups in total. The van der Waals surface area contributed by atoms with Crippen LogP contribution < -0.4 is 10.6 Å². The third-order valence-corrected chi connectivity index (χ3v) is 6.36. The lowest BCUT2D eigenvalue weighted by Gasteiger charge is -2.37. The first kappa shape index (κ1) is 21.7. The van der Waals surface area contributed by atoms with Crippen LogP contribution in [0.1, 0.15) is 28.5 Å². The molecule has 2 atom stereocenters. The van der Waals surface area contributed by atoms with Crippen molar-refractivity contribution in [1.82, 2.24) is 19.9 Å². The molecule has 1 aromatic heterocycles. The highest BCUT2D eigenvalue weighted by molar-refractivity contribution is 7.13. The van der Waals surface area contributed by atoms with Gasteiger partial charge in [-0.3, -0.25) is 9.69 Å². The van der Waals surface area contributed by atoms with Crippen molar-refractivity contribution >= 4 is 27.5 Å². The summed E-state index contributed by atoms with van der Waals surface area (Å²) in [6, 6.07) is 13.0. The summed E-state index contributed by atoms with van der Waals surface area (Å²) >= 11 is 1.30. The molecule has 4 rings (SSSR count). The molecule has 3 aromatic rings. The molecular formula is C22H23F3N4OS. The normalized spacial score (nSPS) is 18.8. The summed E-state index contributed by atoms with van der Waals surface area (Å²) in [6.45, 7) is 4.13. The van der Waals surface area contributed by atoms with E-state index in [1.165, 1.54) is 23.7 Å². The van der Waals surface area contributed by atoms with Gasteiger partial charge in [-0.05, 0) is 48.6 Å². The average Bonchev–Trinajstić information content (AvgIpc) is 3.18. The molecule has 2 aromatic carbocycles. The summed E-state index contributed by atoms with van der Waals surface area (Å²) < 4.78 is 43.5. The van der Waals surface area contributed by atoms with Crippen LogP contribution in [0.25, 0.3) is 10.1 Å². The Morgan fingerprint density at radius 2 is 2.00 bits per heavy atom. The lowest BCUT2D eigenvalue weighted by Crippen LogP contribution is -2.58. The van der Waals surface area contributed by atoms with Crippen LogP contribution >= 0.6 is 11.5 Å². The second kappa shape index (κ2) is 8.94. The van der Waals surface area contributed by atoms with E-state index in [2.05, 4.69) is 19.9 Å². The van der Waals surface area contributed by atoms with Gasteiger partial charge >= 0.3 is 6.18 Å². The van der Waals surface area contributed by atoms with Gasteiger partial charge in [0.15, 0.2) is 0 Å². The highest BCUT2D eigenvalue weighted by Gasteiger charge is 2.30. The fraction of sp³-hybridized carbons (Fsp3) is 0.364. The van der Waals surface area contributed by atoms with E-state index in [9.17, 15) is 18.0 Å². The van der Waals surface area contributed by atoms with Crippen LogP contribution in [0.3, 0.4) is 0 Å². The second-order valence-corrected chi connectivity index (χ2v) is 8.53. The van der Waals surface area contributed by atoms with E-state index in [0.717, 1.165) is 40.9 Å². The third-order valence-electron chi connectivity index (χ3n) is 5.53. The molecule has 1 amide bonds. The van der Waals surface area contributed by atoms with Gasteiger partial charge in [-0.2, -0.15) is 17.5 Å². The number of nitrogens with zero attached hydrogens (tertiary/aromatic N) is 2. The molecule has 31 heavy (non-hydrogen) atoms. The van der Waals surface area contributed by atoms with Gasteiger partial charge in [0.1, 0.15) is 5.69 Å². The van der Waals surface area contributed by atoms with Crippen LogP contribution in [0.2, 0.25) is 0 Å². The first-order chi connectivity index (χ1) is 14.8. The van der Waals surface area contributed by atoms with Crippen LogP contribution in [0.15, 0.2) is 48.5 Å². The number of fused-ring (bicyclic) bond motifs is 1. The predicted octanol–water partition coefficient (Wildman–Crippen LogP) is 3.91. The van der Waals surface area contributed by atoms with E-state index in [4.69, 9.17) is 0 Å². The Morgan fingerprint density at radius 1 is 1.26 bits per heavy atom. The predicted molar refractivity (Wildman–Crippen MR) is 115 cm³/mol. The summed E-state index contributed by atoms with van der Waals surface area (Å²) in [6.07, 6.45) is -3.90. The smallest absolute Gasteiger partial charge is 0.335 e. The van der Waals surface area contributed by atoms with Gasteiger partial charge in [0.25, 0.3) is 5.91 Å². The number of carbonyl (C=O) groups is 1. The van der Waals surface area contributed by atoms with Gasteiger partial charge in [-0.25, -0.2) is 0 Å². The number of aromatic nitrogens is 1. The first-order valence-electron chi connectivity index (χ1n) is 10.1. The molecular weight excluding hydrogens is 425 g/mol. The van der Waals surface area contributed by atoms with Crippen molar-refractivity contribution in [1.29, 1.82) is 0 Å². The molecule has 5 nitrogen and oxygen atoms in total. The summed E-state index contributed by atoms with van der Waals surface area (Å²) in [5, 5.41) is 7.29. The SMILES string of the molecule is CC(NC(=O)c1nsc2ccccc12)N1CCNC(Cc2ccc(C(F)(F)F)cc2)C1. The van der Waals surface area contributed by atoms with Crippen LogP contribution in [-0.4, -0.2) is 47.0 Å². The maximum Gasteiger partial charge on any atom is 0.416 e. The van der Waals surface area contributed by atoms with Crippen molar-refractivity contribution in [3.8, 4) is 0 Å². The maximum atomic E-state index is 12.8. The topological polar surface area (TPSA) is 57.3 Å². The minimum Gasteiger partial charge on any atom is -0.335 e. The molecule has 0 bridgehead atoms. The Bertz CT molecular complexity index is 1050. The van der Waals surface area contributed by atoms with Crippen molar-refractivity contribution in [2.24, 2.45) is 0 Å². The number of benzene rings is 2. The van der Waals surface area contributed by atoms with Gasteiger partial charge in [0.05, 0.1) is 16.4 Å². The Hall–Kier alpha value is -2.49. The highest BCUT2D eigenvalue weighted by atomic mass is 32.1. The molecule has 1 saturated heterocycles. The molecule has 1 aliphatic rings. The number of alkyl halides is 3. The zero-order valence-corrected chi connectivity index (χ0v) is 17.8. The molecule has 0 aliphatic carbocycles. The van der Waals surface area contributed by atoms with Crippen molar-refractivity contribution in [2.75, 3.05) is 19.6 Å². The van der Waals surface area contributed by atoms with Gasteiger partial charge in [-0.1, -0.05) is 30.3 Å². The fourth-order valence-electron chi connectivity index (χ4n) is 3.85. The Morgan fingerprint density at radius 3 is 2.74 bits per heavy atom. The zero-order valence-electron chi connectivity index (χ0n) is 16.9. The highest BCUT2D eigenvalue weighted by Crippen LogP contribution is 2.29. The van der Waals surface area contributed by atoms with E-state index >= 15 is 0 Å². The molecule has 0 spiro atoms. The summed E-state index contributed by atoms with van der Waals surface area (Å²) in [5.74, 6) is -0.206. The van der Waals surface area contributed by atoms with Crippen LogP contribution in [0.4, 0.5) is 13.2 Å². The Labute approximate surface area is 182 Å². The quantitative estimate of drug-likeness (QED) is 0.622. The van der Waals surface area contributed by atoms with Gasteiger partial charge in [0.2, 0.25) is 0 Å².